The quantitative estimate of drug-likeness (QED) is 0.286. The van der Waals surface area contributed by atoms with Crippen LogP contribution >= 0.6 is 23.2 Å². The number of carbonyl (C=O) groups excluding carboxylic acids is 1. The Labute approximate surface area is 186 Å². The number of hydrogen-bond acceptors (Lipinski definition) is 5. The van der Waals surface area contributed by atoms with E-state index < -0.39 is 5.60 Å². The van der Waals surface area contributed by atoms with Gasteiger partial charge < -0.3 is 19.8 Å². The molecule has 1 rings (SSSR count). The molecule has 8 heteroatoms. The minimum absolute atomic E-state index is 0.198. The number of amides is 1. The van der Waals surface area contributed by atoms with Crippen molar-refractivity contribution < 1.29 is 14.3 Å². The average Bonchev–Trinajstić information content (AvgIpc) is 2.65. The van der Waals surface area contributed by atoms with Crippen LogP contribution in [-0.4, -0.2) is 47.9 Å². The van der Waals surface area contributed by atoms with E-state index in [2.05, 4.69) is 17.8 Å². The highest BCUT2D eigenvalue weighted by Gasteiger charge is 2.31. The molecule has 1 amide bonds. The number of halogens is 2. The smallest absolute Gasteiger partial charge is 0.410 e. The van der Waals surface area contributed by atoms with Gasteiger partial charge in [-0.15, -0.1) is 11.6 Å². The zero-order valence-corrected chi connectivity index (χ0v) is 20.5. The second-order valence-corrected chi connectivity index (χ2v) is 9.73. The van der Waals surface area contributed by atoms with E-state index in [4.69, 9.17) is 32.7 Å². The number of nitrogens with zero attached hydrogens (tertiary/aromatic N) is 1. The molecule has 3 unspecified atom stereocenters. The Morgan fingerprint density at radius 1 is 1.21 bits per heavy atom. The van der Waals surface area contributed by atoms with Crippen LogP contribution in [0.15, 0.2) is 10.7 Å². The van der Waals surface area contributed by atoms with Crippen molar-refractivity contribution in [3.63, 3.8) is 0 Å². The molecular formula is C21H39Cl2N3O3. The van der Waals surface area contributed by atoms with E-state index in [0.29, 0.717) is 25.6 Å². The van der Waals surface area contributed by atoms with E-state index in [9.17, 15) is 4.79 Å². The summed E-state index contributed by atoms with van der Waals surface area (Å²) >= 11 is 12.8. The number of hydrogen-bond donors (Lipinski definition) is 2. The minimum atomic E-state index is -0.474. The van der Waals surface area contributed by atoms with Gasteiger partial charge in [-0.3, -0.25) is 0 Å². The number of ether oxygens (including phenoxy) is 2. The van der Waals surface area contributed by atoms with Gasteiger partial charge in [-0.1, -0.05) is 25.4 Å². The molecule has 0 aromatic rings. The van der Waals surface area contributed by atoms with Gasteiger partial charge in [0, 0.05) is 36.3 Å². The van der Waals surface area contributed by atoms with E-state index in [1.165, 1.54) is 0 Å². The molecule has 0 aromatic heterocycles. The molecule has 1 fully saturated rings. The number of hydrazine groups is 1. The van der Waals surface area contributed by atoms with Crippen LogP contribution in [0.25, 0.3) is 0 Å². The van der Waals surface area contributed by atoms with Gasteiger partial charge in [0.2, 0.25) is 0 Å². The SMILES string of the molecule is CCOC(NN/C(=C(/Cl)CC)C(C)C1CCN(C(=O)OC(C)(C)C)CC1)C(C)Cl. The molecule has 3 atom stereocenters. The van der Waals surface area contributed by atoms with Gasteiger partial charge in [0.05, 0.1) is 5.38 Å². The van der Waals surface area contributed by atoms with Gasteiger partial charge in [0.15, 0.2) is 0 Å². The lowest BCUT2D eigenvalue weighted by Gasteiger charge is -2.37. The number of alkyl halides is 1. The first-order valence-corrected chi connectivity index (χ1v) is 11.4. The molecule has 1 heterocycles. The van der Waals surface area contributed by atoms with E-state index in [0.717, 1.165) is 30.0 Å². The lowest BCUT2D eigenvalue weighted by Crippen LogP contribution is -2.48. The van der Waals surface area contributed by atoms with Crippen LogP contribution in [0.2, 0.25) is 0 Å². The fourth-order valence-electron chi connectivity index (χ4n) is 3.38. The first-order valence-electron chi connectivity index (χ1n) is 10.6. The van der Waals surface area contributed by atoms with Gasteiger partial charge in [-0.25, -0.2) is 10.2 Å². The van der Waals surface area contributed by atoms with Crippen molar-refractivity contribution >= 4 is 29.3 Å². The van der Waals surface area contributed by atoms with Gasteiger partial charge in [0.1, 0.15) is 11.8 Å². The van der Waals surface area contributed by atoms with E-state index >= 15 is 0 Å². The Hall–Kier alpha value is -0.690. The Morgan fingerprint density at radius 2 is 1.79 bits per heavy atom. The van der Waals surface area contributed by atoms with Crippen molar-refractivity contribution in [1.82, 2.24) is 15.8 Å². The van der Waals surface area contributed by atoms with Gasteiger partial charge in [-0.05, 0) is 59.8 Å². The molecule has 170 valence electrons. The summed E-state index contributed by atoms with van der Waals surface area (Å²) in [6, 6.07) is 0. The molecule has 2 N–H and O–H groups in total. The summed E-state index contributed by atoms with van der Waals surface area (Å²) in [5.74, 6) is 0.626. The first-order chi connectivity index (χ1) is 13.5. The highest BCUT2D eigenvalue weighted by molar-refractivity contribution is 6.29. The fourth-order valence-corrected chi connectivity index (χ4v) is 3.74. The third-order valence-corrected chi connectivity index (χ3v) is 5.77. The predicted octanol–water partition coefficient (Wildman–Crippen LogP) is 5.21. The maximum atomic E-state index is 12.3. The summed E-state index contributed by atoms with van der Waals surface area (Å²) in [6.07, 6.45) is 1.99. The number of carbonyl (C=O) groups is 1. The van der Waals surface area contributed by atoms with Crippen LogP contribution in [0.4, 0.5) is 4.79 Å². The average molecular weight is 452 g/mol. The van der Waals surface area contributed by atoms with Crippen LogP contribution in [0, 0.1) is 11.8 Å². The van der Waals surface area contributed by atoms with Gasteiger partial charge >= 0.3 is 6.09 Å². The molecule has 1 aliphatic heterocycles. The fraction of sp³-hybridized carbons (Fsp3) is 0.857. The monoisotopic (exact) mass is 451 g/mol. The molecule has 1 aliphatic rings. The number of piperidine rings is 1. The van der Waals surface area contributed by atoms with E-state index in [-0.39, 0.29) is 23.6 Å². The maximum absolute atomic E-state index is 12.3. The lowest BCUT2D eigenvalue weighted by atomic mass is 9.83. The van der Waals surface area contributed by atoms with Crippen molar-refractivity contribution in [2.45, 2.75) is 84.9 Å². The van der Waals surface area contributed by atoms with Crippen molar-refractivity contribution in [2.75, 3.05) is 19.7 Å². The number of allylic oxidation sites excluding steroid dienone is 2. The Bertz CT molecular complexity index is 542. The summed E-state index contributed by atoms with van der Waals surface area (Å²) in [6.45, 7) is 15.6. The van der Waals surface area contributed by atoms with Gasteiger partial charge in [0.25, 0.3) is 0 Å². The molecule has 6 nitrogen and oxygen atoms in total. The third kappa shape index (κ3) is 8.91. The van der Waals surface area contributed by atoms with E-state index in [1.807, 2.05) is 41.5 Å². The second-order valence-electron chi connectivity index (χ2n) is 8.59. The summed E-state index contributed by atoms with van der Waals surface area (Å²) < 4.78 is 11.1. The Balaban J connectivity index is 2.72. The third-order valence-electron chi connectivity index (χ3n) is 5.07. The van der Waals surface area contributed by atoms with Crippen molar-refractivity contribution in [3.8, 4) is 0 Å². The highest BCUT2D eigenvalue weighted by atomic mass is 35.5. The van der Waals surface area contributed by atoms with Gasteiger partial charge in [-0.2, -0.15) is 0 Å². The van der Waals surface area contributed by atoms with E-state index in [1.54, 1.807) is 4.90 Å². The Kier molecular flexibility index (Phi) is 11.1. The van der Waals surface area contributed by atoms with Crippen LogP contribution in [0.3, 0.4) is 0 Å². The molecule has 0 spiro atoms. The predicted molar refractivity (Wildman–Crippen MR) is 120 cm³/mol. The highest BCUT2D eigenvalue weighted by Crippen LogP contribution is 2.32. The first kappa shape index (κ1) is 26.3. The van der Waals surface area contributed by atoms with Crippen LogP contribution in [0.5, 0.6) is 0 Å². The van der Waals surface area contributed by atoms with Crippen molar-refractivity contribution in [3.05, 3.63) is 10.7 Å². The summed E-state index contributed by atoms with van der Waals surface area (Å²) in [7, 11) is 0. The lowest BCUT2D eigenvalue weighted by molar-refractivity contribution is 0.0159. The zero-order valence-electron chi connectivity index (χ0n) is 19.0. The molecule has 0 radical (unpaired) electrons. The number of nitrogens with one attached hydrogen (secondary N) is 2. The Morgan fingerprint density at radius 3 is 2.24 bits per heavy atom. The molecule has 0 aromatic carbocycles. The number of likely N-dealkylation sites (tertiary alicyclic amines) is 1. The summed E-state index contributed by atoms with van der Waals surface area (Å²) in [5.41, 5.74) is 6.95. The minimum Gasteiger partial charge on any atom is -0.444 e. The molecular weight excluding hydrogens is 413 g/mol. The molecule has 0 saturated carbocycles. The van der Waals surface area contributed by atoms with Crippen molar-refractivity contribution in [2.24, 2.45) is 11.8 Å². The van der Waals surface area contributed by atoms with Crippen LogP contribution in [-0.2, 0) is 9.47 Å². The molecule has 29 heavy (non-hydrogen) atoms. The summed E-state index contributed by atoms with van der Waals surface area (Å²) in [4.78, 5) is 14.1. The maximum Gasteiger partial charge on any atom is 0.410 e. The second kappa shape index (κ2) is 12.2. The largest absolute Gasteiger partial charge is 0.444 e. The number of rotatable bonds is 9. The zero-order chi connectivity index (χ0) is 22.2. The normalized spacial score (nSPS) is 20.0. The molecule has 0 bridgehead atoms. The standard InChI is InChI=1S/C21H39Cl2N3O3/c1-8-17(23)18(24-25-19(15(4)22)28-9-2)14(3)16-10-12-26(13-11-16)20(27)29-21(5,6)7/h14-16,19,24-25H,8-13H2,1-7H3/b18-17+. The molecule has 1 saturated heterocycles. The van der Waals surface area contributed by atoms with Crippen molar-refractivity contribution in [1.29, 1.82) is 0 Å². The van der Waals surface area contributed by atoms with Crippen LogP contribution < -0.4 is 10.9 Å². The summed E-state index contributed by atoms with van der Waals surface area (Å²) in [5, 5.41) is 0.591. The topological polar surface area (TPSA) is 62.8 Å². The molecule has 0 aliphatic carbocycles. The van der Waals surface area contributed by atoms with Crippen LogP contribution in [0.1, 0.15) is 67.7 Å².